The molecule has 0 bridgehead atoms. The van der Waals surface area contributed by atoms with Gasteiger partial charge in [-0.2, -0.15) is 11.1 Å². The third-order valence-corrected chi connectivity index (χ3v) is 4.66. The fourth-order valence-corrected chi connectivity index (χ4v) is 3.65. The summed E-state index contributed by atoms with van der Waals surface area (Å²) in [6.07, 6.45) is 2.22. The first-order chi connectivity index (χ1) is 6.24. The van der Waals surface area contributed by atoms with Crippen molar-refractivity contribution < 1.29 is 0 Å². The number of rotatable bonds is 1. The molecule has 2 radical (unpaired) electrons. The van der Waals surface area contributed by atoms with Crippen molar-refractivity contribution in [1.29, 1.82) is 0 Å². The Kier molecular flexibility index (Phi) is 2.63. The fourth-order valence-electron chi connectivity index (χ4n) is 1.66. The van der Waals surface area contributed by atoms with Gasteiger partial charge in [-0.05, 0) is 24.1 Å². The Morgan fingerprint density at radius 3 is 2.92 bits per heavy atom. The van der Waals surface area contributed by atoms with Gasteiger partial charge in [0, 0.05) is 10.0 Å². The van der Waals surface area contributed by atoms with Crippen LogP contribution < -0.4 is 0 Å². The summed E-state index contributed by atoms with van der Waals surface area (Å²) in [5, 5.41) is 0. The third kappa shape index (κ3) is 1.51. The molecule has 1 atom stereocenters. The molecule has 0 aliphatic heterocycles. The smallest absolute Gasteiger partial charge is 0.170 e. The average Bonchev–Trinajstić information content (AvgIpc) is 2.43. The van der Waals surface area contributed by atoms with E-state index in [1.165, 1.54) is 21.2 Å². The van der Waals surface area contributed by atoms with Crippen LogP contribution in [0, 0.1) is 0 Å². The highest BCUT2D eigenvalue weighted by Gasteiger charge is 2.23. The second-order valence-corrected chi connectivity index (χ2v) is 5.48. The Bertz CT molecular complexity index is 373. The van der Waals surface area contributed by atoms with Crippen molar-refractivity contribution in [1.82, 2.24) is 0 Å². The van der Waals surface area contributed by atoms with E-state index >= 15 is 0 Å². The van der Waals surface area contributed by atoms with Crippen LogP contribution in [0.25, 0.3) is 6.08 Å². The molecule has 13 heavy (non-hydrogen) atoms. The van der Waals surface area contributed by atoms with E-state index in [1.54, 1.807) is 0 Å². The van der Waals surface area contributed by atoms with E-state index in [-0.39, 0.29) is 0 Å². The molecule has 0 saturated carbocycles. The van der Waals surface area contributed by atoms with Gasteiger partial charge in [0.2, 0.25) is 0 Å². The summed E-state index contributed by atoms with van der Waals surface area (Å²) in [7, 11) is 0.438. The Balaban J connectivity index is 2.57. The maximum absolute atomic E-state index is 5.95. The average molecular weight is 272 g/mol. The Morgan fingerprint density at radius 1 is 1.46 bits per heavy atom. The highest BCUT2D eigenvalue weighted by atomic mass is 79.9. The van der Waals surface area contributed by atoms with Crippen LogP contribution in [-0.4, -0.2) is 8.83 Å². The van der Waals surface area contributed by atoms with Crippen LogP contribution in [-0.2, 0) is 0 Å². The van der Waals surface area contributed by atoms with Crippen LogP contribution in [0.1, 0.15) is 23.6 Å². The van der Waals surface area contributed by atoms with Crippen LogP contribution in [0.5, 0.6) is 0 Å². The minimum absolute atomic E-state index is 0.438. The molecule has 0 spiro atoms. The molecule has 0 heterocycles. The number of hydrogen-bond acceptors (Lipinski definition) is 0. The summed E-state index contributed by atoms with van der Waals surface area (Å²) in [6, 6.07) is 6.30. The van der Waals surface area contributed by atoms with Crippen LogP contribution in [0.3, 0.4) is 0 Å². The molecule has 0 amide bonds. The number of hydrogen-bond donors (Lipinski definition) is 0. The Hall–Kier alpha value is -0.0531. The predicted octanol–water partition coefficient (Wildman–Crippen LogP) is 3.77. The largest absolute Gasteiger partial charge is 0.184 e. The lowest BCUT2D eigenvalue weighted by molar-refractivity contribution is 1.13. The monoisotopic (exact) mass is 270 g/mol. The fraction of sp³-hybridized carbons (Fsp3) is 0.200. The zero-order chi connectivity index (χ0) is 9.42. The van der Waals surface area contributed by atoms with E-state index in [9.17, 15) is 0 Å². The zero-order valence-corrected chi connectivity index (χ0v) is 10.5. The van der Waals surface area contributed by atoms with E-state index in [1.807, 2.05) is 0 Å². The highest BCUT2D eigenvalue weighted by molar-refractivity contribution is 9.10. The molecule has 2 rings (SSSR count). The standard InChI is InChI=1S/C10H8BrClSi/c1-6-5-8-7(10(6)13-12)3-2-4-9(8)11/h2-5,10H,1H3. The lowest BCUT2D eigenvalue weighted by Gasteiger charge is -2.09. The summed E-state index contributed by atoms with van der Waals surface area (Å²) >= 11 is 9.50. The SMILES string of the molecule is CC1=Cc2c(Br)cccc2C1[Si]Cl. The molecule has 1 aliphatic carbocycles. The Labute approximate surface area is 93.6 Å². The molecule has 1 aromatic carbocycles. The van der Waals surface area contributed by atoms with E-state index in [2.05, 4.69) is 47.1 Å². The molecule has 0 N–H and O–H groups in total. The first kappa shape index (κ1) is 9.50. The van der Waals surface area contributed by atoms with Crippen molar-refractivity contribution in [2.75, 3.05) is 0 Å². The molecular weight excluding hydrogens is 264 g/mol. The molecule has 66 valence electrons. The van der Waals surface area contributed by atoms with Crippen molar-refractivity contribution >= 4 is 41.9 Å². The minimum Gasteiger partial charge on any atom is -0.170 e. The van der Waals surface area contributed by atoms with Crippen LogP contribution in [0.2, 0.25) is 0 Å². The summed E-state index contributed by atoms with van der Waals surface area (Å²) < 4.78 is 1.17. The second kappa shape index (κ2) is 3.60. The van der Waals surface area contributed by atoms with Crippen molar-refractivity contribution in [3.8, 4) is 0 Å². The lowest BCUT2D eigenvalue weighted by atomic mass is 10.1. The first-order valence-corrected chi connectivity index (χ1v) is 6.95. The van der Waals surface area contributed by atoms with Gasteiger partial charge in [0.1, 0.15) is 0 Å². The van der Waals surface area contributed by atoms with Gasteiger partial charge in [0.05, 0.1) is 0 Å². The van der Waals surface area contributed by atoms with E-state index < -0.39 is 0 Å². The summed E-state index contributed by atoms with van der Waals surface area (Å²) in [5.74, 6) is 0. The van der Waals surface area contributed by atoms with Gasteiger partial charge < -0.3 is 0 Å². The first-order valence-electron chi connectivity index (χ1n) is 4.07. The van der Waals surface area contributed by atoms with Crippen molar-refractivity contribution in [2.45, 2.75) is 12.5 Å². The zero-order valence-electron chi connectivity index (χ0n) is 7.14. The van der Waals surface area contributed by atoms with E-state index in [0.29, 0.717) is 14.4 Å². The molecule has 1 aliphatic rings. The molecule has 1 aromatic rings. The molecule has 0 fully saturated rings. The van der Waals surface area contributed by atoms with E-state index in [4.69, 9.17) is 11.1 Å². The van der Waals surface area contributed by atoms with Gasteiger partial charge in [0.15, 0.2) is 8.83 Å². The van der Waals surface area contributed by atoms with Crippen molar-refractivity contribution in [3.05, 3.63) is 39.4 Å². The van der Waals surface area contributed by atoms with Gasteiger partial charge in [-0.3, -0.25) is 0 Å². The number of halogens is 2. The molecular formula is C10H8BrClSi. The molecule has 1 unspecified atom stereocenters. The van der Waals surface area contributed by atoms with E-state index in [0.717, 1.165) is 0 Å². The van der Waals surface area contributed by atoms with Gasteiger partial charge in [0.25, 0.3) is 0 Å². The quantitative estimate of drug-likeness (QED) is 0.539. The molecule has 0 saturated heterocycles. The van der Waals surface area contributed by atoms with Gasteiger partial charge in [-0.15, -0.1) is 0 Å². The van der Waals surface area contributed by atoms with Crippen molar-refractivity contribution in [2.24, 2.45) is 0 Å². The minimum atomic E-state index is 0.438. The van der Waals surface area contributed by atoms with Gasteiger partial charge in [-0.25, -0.2) is 0 Å². The topological polar surface area (TPSA) is 0 Å². The van der Waals surface area contributed by atoms with Crippen molar-refractivity contribution in [3.63, 3.8) is 0 Å². The second-order valence-electron chi connectivity index (χ2n) is 3.17. The summed E-state index contributed by atoms with van der Waals surface area (Å²) in [6.45, 7) is 2.15. The normalized spacial score (nSPS) is 19.9. The number of benzene rings is 1. The maximum atomic E-state index is 5.95. The highest BCUT2D eigenvalue weighted by Crippen LogP contribution is 2.38. The molecule has 0 aromatic heterocycles. The lowest BCUT2D eigenvalue weighted by Crippen LogP contribution is -2.01. The van der Waals surface area contributed by atoms with Crippen LogP contribution >= 0.6 is 27.0 Å². The predicted molar refractivity (Wildman–Crippen MR) is 62.1 cm³/mol. The van der Waals surface area contributed by atoms with Crippen LogP contribution in [0.15, 0.2) is 28.2 Å². The van der Waals surface area contributed by atoms with Gasteiger partial charge in [-0.1, -0.05) is 39.7 Å². The molecule has 3 heteroatoms. The number of fused-ring (bicyclic) bond motifs is 1. The summed E-state index contributed by atoms with van der Waals surface area (Å²) in [5.41, 5.74) is 4.47. The maximum Gasteiger partial charge on any atom is 0.184 e. The van der Waals surface area contributed by atoms with Gasteiger partial charge >= 0.3 is 0 Å². The molecule has 0 nitrogen and oxygen atoms in total. The Morgan fingerprint density at radius 2 is 2.23 bits per heavy atom. The number of allylic oxidation sites excluding steroid dienone is 1. The van der Waals surface area contributed by atoms with Crippen LogP contribution in [0.4, 0.5) is 0 Å². The third-order valence-electron chi connectivity index (χ3n) is 2.33. The summed E-state index contributed by atoms with van der Waals surface area (Å²) in [4.78, 5) is 0.